The minimum atomic E-state index is -0.234. The Bertz CT molecular complexity index is 560. The van der Waals surface area contributed by atoms with Gasteiger partial charge in [0.05, 0.1) is 19.3 Å². The fraction of sp³-hybridized carbons (Fsp3) is 0.588. The number of carbonyl (C=O) groups is 1. The van der Waals surface area contributed by atoms with Gasteiger partial charge in [0.2, 0.25) is 0 Å². The Balaban J connectivity index is 1.76. The summed E-state index contributed by atoms with van der Waals surface area (Å²) in [5.41, 5.74) is 0.614. The molecule has 1 aromatic rings. The summed E-state index contributed by atoms with van der Waals surface area (Å²) in [6.07, 6.45) is 0.587. The number of likely N-dealkylation sites (tertiary alicyclic amines) is 1. The summed E-state index contributed by atoms with van der Waals surface area (Å²) in [5, 5.41) is 9.72. The van der Waals surface area contributed by atoms with Gasteiger partial charge < -0.3 is 19.5 Å². The molecule has 1 saturated heterocycles. The smallest absolute Gasteiger partial charge is 0.254 e. The van der Waals surface area contributed by atoms with Crippen LogP contribution in [0, 0.1) is 11.8 Å². The number of aliphatic hydroxyl groups is 1. The quantitative estimate of drug-likeness (QED) is 0.903. The third-order valence-corrected chi connectivity index (χ3v) is 4.61. The molecule has 1 saturated carbocycles. The topological polar surface area (TPSA) is 59.0 Å². The van der Waals surface area contributed by atoms with Crippen LogP contribution in [0.25, 0.3) is 0 Å². The SMILES string of the molecule is CCOc1ccc(C(=O)N2C[C@H]3C[C@H](O)[C@H]3C2)cc1OCC. The summed E-state index contributed by atoms with van der Waals surface area (Å²) in [4.78, 5) is 14.5. The first-order valence-corrected chi connectivity index (χ1v) is 8.01. The molecule has 5 nitrogen and oxygen atoms in total. The monoisotopic (exact) mass is 305 g/mol. The van der Waals surface area contributed by atoms with Crippen molar-refractivity contribution in [2.75, 3.05) is 26.3 Å². The molecular weight excluding hydrogens is 282 g/mol. The van der Waals surface area contributed by atoms with E-state index in [1.807, 2.05) is 18.7 Å². The standard InChI is InChI=1S/C17H23NO4/c1-3-21-15-6-5-11(8-16(15)22-4-2)17(20)18-9-12-7-14(19)13(12)10-18/h5-6,8,12-14,19H,3-4,7,9-10H2,1-2H3/t12-,13+,14+/m1/s1. The molecule has 3 atom stereocenters. The summed E-state index contributed by atoms with van der Waals surface area (Å²) >= 11 is 0. The highest BCUT2D eigenvalue weighted by Gasteiger charge is 2.47. The lowest BCUT2D eigenvalue weighted by molar-refractivity contribution is -0.00427. The third kappa shape index (κ3) is 2.65. The van der Waals surface area contributed by atoms with Crippen molar-refractivity contribution in [1.82, 2.24) is 4.90 Å². The first-order valence-electron chi connectivity index (χ1n) is 8.01. The lowest BCUT2D eigenvalue weighted by Gasteiger charge is -2.34. The summed E-state index contributed by atoms with van der Waals surface area (Å²) in [7, 11) is 0. The molecule has 1 amide bonds. The fourth-order valence-corrected chi connectivity index (χ4v) is 3.40. The molecule has 0 radical (unpaired) electrons. The number of carbonyl (C=O) groups excluding carboxylic acids is 1. The largest absolute Gasteiger partial charge is 0.490 e. The molecule has 1 aliphatic heterocycles. The normalized spacial score (nSPS) is 26.3. The van der Waals surface area contributed by atoms with E-state index in [1.54, 1.807) is 18.2 Å². The van der Waals surface area contributed by atoms with Crippen LogP contribution in [0.1, 0.15) is 30.6 Å². The molecule has 1 heterocycles. The fourth-order valence-electron chi connectivity index (χ4n) is 3.40. The van der Waals surface area contributed by atoms with E-state index in [2.05, 4.69) is 0 Å². The zero-order chi connectivity index (χ0) is 15.7. The molecule has 0 aromatic heterocycles. The van der Waals surface area contributed by atoms with Crippen LogP contribution >= 0.6 is 0 Å². The van der Waals surface area contributed by atoms with Crippen LogP contribution in [0.5, 0.6) is 11.5 Å². The van der Waals surface area contributed by atoms with Crippen molar-refractivity contribution in [3.05, 3.63) is 23.8 Å². The lowest BCUT2D eigenvalue weighted by atomic mass is 9.74. The van der Waals surface area contributed by atoms with Gasteiger partial charge in [-0.1, -0.05) is 0 Å². The maximum Gasteiger partial charge on any atom is 0.254 e. The highest BCUT2D eigenvalue weighted by atomic mass is 16.5. The Morgan fingerprint density at radius 2 is 1.95 bits per heavy atom. The summed E-state index contributed by atoms with van der Waals surface area (Å²) < 4.78 is 11.1. The molecule has 0 bridgehead atoms. The second-order valence-corrected chi connectivity index (χ2v) is 5.96. The second-order valence-electron chi connectivity index (χ2n) is 5.96. The number of fused-ring (bicyclic) bond motifs is 1. The van der Waals surface area contributed by atoms with E-state index in [4.69, 9.17) is 9.47 Å². The lowest BCUT2D eigenvalue weighted by Crippen LogP contribution is -2.39. The summed E-state index contributed by atoms with van der Waals surface area (Å²) in [6.45, 7) is 6.31. The zero-order valence-electron chi connectivity index (χ0n) is 13.1. The minimum Gasteiger partial charge on any atom is -0.490 e. The van der Waals surface area contributed by atoms with Crippen LogP contribution in [-0.4, -0.2) is 48.3 Å². The molecule has 1 aliphatic carbocycles. The first-order chi connectivity index (χ1) is 10.6. The van der Waals surface area contributed by atoms with Gasteiger partial charge in [-0.25, -0.2) is 0 Å². The summed E-state index contributed by atoms with van der Waals surface area (Å²) in [6, 6.07) is 5.33. The van der Waals surface area contributed by atoms with Crippen molar-refractivity contribution in [3.8, 4) is 11.5 Å². The van der Waals surface area contributed by atoms with Gasteiger partial charge in [0, 0.05) is 24.6 Å². The molecule has 3 rings (SSSR count). The van der Waals surface area contributed by atoms with Gasteiger partial charge in [-0.3, -0.25) is 4.79 Å². The molecule has 2 fully saturated rings. The van der Waals surface area contributed by atoms with Crippen molar-refractivity contribution in [1.29, 1.82) is 0 Å². The highest BCUT2D eigenvalue weighted by Crippen LogP contribution is 2.41. The van der Waals surface area contributed by atoms with Crippen molar-refractivity contribution < 1.29 is 19.4 Å². The van der Waals surface area contributed by atoms with Crippen LogP contribution in [-0.2, 0) is 0 Å². The molecule has 5 heteroatoms. The number of amides is 1. The van der Waals surface area contributed by atoms with Gasteiger partial charge in [-0.15, -0.1) is 0 Å². The zero-order valence-corrected chi connectivity index (χ0v) is 13.1. The number of benzene rings is 1. The van der Waals surface area contributed by atoms with Gasteiger partial charge in [0.25, 0.3) is 5.91 Å². The summed E-state index contributed by atoms with van der Waals surface area (Å²) in [5.74, 6) is 2.01. The number of nitrogens with zero attached hydrogens (tertiary/aromatic N) is 1. The maximum atomic E-state index is 12.6. The molecule has 0 spiro atoms. The number of ether oxygens (including phenoxy) is 2. The third-order valence-electron chi connectivity index (χ3n) is 4.61. The molecular formula is C17H23NO4. The van der Waals surface area contributed by atoms with Gasteiger partial charge in [0.15, 0.2) is 11.5 Å². The number of aliphatic hydroxyl groups excluding tert-OH is 1. The van der Waals surface area contributed by atoms with Crippen molar-refractivity contribution in [2.24, 2.45) is 11.8 Å². The molecule has 2 aliphatic rings. The van der Waals surface area contributed by atoms with E-state index < -0.39 is 0 Å². The van der Waals surface area contributed by atoms with Crippen LogP contribution in [0.4, 0.5) is 0 Å². The van der Waals surface area contributed by atoms with Gasteiger partial charge in [-0.05, 0) is 44.4 Å². The number of hydrogen-bond acceptors (Lipinski definition) is 4. The Morgan fingerprint density at radius 3 is 2.59 bits per heavy atom. The van der Waals surface area contributed by atoms with Crippen LogP contribution < -0.4 is 9.47 Å². The van der Waals surface area contributed by atoms with E-state index in [9.17, 15) is 9.90 Å². The van der Waals surface area contributed by atoms with E-state index in [1.165, 1.54) is 0 Å². The average Bonchev–Trinajstić information content (AvgIpc) is 2.86. The maximum absolute atomic E-state index is 12.6. The molecule has 120 valence electrons. The van der Waals surface area contributed by atoms with Crippen molar-refractivity contribution in [3.63, 3.8) is 0 Å². The van der Waals surface area contributed by atoms with Gasteiger partial charge in [0.1, 0.15) is 0 Å². The predicted molar refractivity (Wildman–Crippen MR) is 82.3 cm³/mol. The van der Waals surface area contributed by atoms with Crippen LogP contribution in [0.3, 0.4) is 0 Å². The highest BCUT2D eigenvalue weighted by molar-refractivity contribution is 5.95. The molecule has 1 N–H and O–H groups in total. The Kier molecular flexibility index (Phi) is 4.25. The van der Waals surface area contributed by atoms with Gasteiger partial charge >= 0.3 is 0 Å². The van der Waals surface area contributed by atoms with E-state index in [-0.39, 0.29) is 17.9 Å². The van der Waals surface area contributed by atoms with Crippen LogP contribution in [0.15, 0.2) is 18.2 Å². The predicted octanol–water partition coefficient (Wildman–Crippen LogP) is 1.94. The average molecular weight is 305 g/mol. The molecule has 1 aromatic carbocycles. The Morgan fingerprint density at radius 1 is 1.23 bits per heavy atom. The first kappa shape index (κ1) is 15.2. The minimum absolute atomic E-state index is 0.00519. The second kappa shape index (κ2) is 6.16. The Labute approximate surface area is 130 Å². The van der Waals surface area contributed by atoms with E-state index in [0.29, 0.717) is 42.7 Å². The van der Waals surface area contributed by atoms with Crippen molar-refractivity contribution in [2.45, 2.75) is 26.4 Å². The van der Waals surface area contributed by atoms with E-state index >= 15 is 0 Å². The molecule has 22 heavy (non-hydrogen) atoms. The Hall–Kier alpha value is -1.75. The van der Waals surface area contributed by atoms with Gasteiger partial charge in [-0.2, -0.15) is 0 Å². The molecule has 0 unspecified atom stereocenters. The van der Waals surface area contributed by atoms with E-state index in [0.717, 1.165) is 13.0 Å². The number of rotatable bonds is 5. The number of hydrogen-bond donors (Lipinski definition) is 1. The van der Waals surface area contributed by atoms with Crippen molar-refractivity contribution >= 4 is 5.91 Å². The van der Waals surface area contributed by atoms with Crippen LogP contribution in [0.2, 0.25) is 0 Å².